The molecule has 0 aromatic heterocycles. The minimum atomic E-state index is 0.639. The van der Waals surface area contributed by atoms with Crippen molar-refractivity contribution in [1.29, 1.82) is 0 Å². The summed E-state index contributed by atoms with van der Waals surface area (Å²) >= 11 is 0. The molecule has 0 heterocycles. The predicted octanol–water partition coefficient (Wildman–Crippen LogP) is 15.6. The van der Waals surface area contributed by atoms with E-state index in [0.717, 1.165) is 0 Å². The second-order valence-corrected chi connectivity index (χ2v) is 14.5. The third-order valence-corrected chi connectivity index (χ3v) is 10.5. The highest BCUT2D eigenvalue weighted by Gasteiger charge is 2.37. The van der Waals surface area contributed by atoms with Crippen molar-refractivity contribution in [3.8, 4) is 0 Å². The van der Waals surface area contributed by atoms with Gasteiger partial charge in [-0.2, -0.15) is 0 Å². The fraction of sp³-hybridized carbons (Fsp3) is 0.951. The van der Waals surface area contributed by atoms with Crippen LogP contribution in [0, 0.1) is 5.41 Å². The summed E-state index contributed by atoms with van der Waals surface area (Å²) in [4.78, 5) is 0. The third kappa shape index (κ3) is 21.1. The molecule has 1 rings (SSSR count). The maximum atomic E-state index is 2.35. The number of unbranched alkanes of at least 4 members (excludes halogenated alkanes) is 24. The van der Waals surface area contributed by atoms with Crippen LogP contribution in [0.5, 0.6) is 0 Å². The summed E-state index contributed by atoms with van der Waals surface area (Å²) in [6.07, 6.45) is 49.6. The van der Waals surface area contributed by atoms with Crippen LogP contribution >= 0.6 is 0 Å². The highest BCUT2D eigenvalue weighted by Crippen LogP contribution is 2.51. The lowest BCUT2D eigenvalue weighted by atomic mass is 9.74. The van der Waals surface area contributed by atoms with E-state index < -0.39 is 0 Å². The number of allylic oxidation sites excluding steroid dienone is 2. The average Bonchev–Trinajstić information content (AvgIpc) is 3.32. The van der Waals surface area contributed by atoms with E-state index in [0.29, 0.717) is 5.41 Å². The molecular formula is C41H80. The van der Waals surface area contributed by atoms with Crippen LogP contribution in [0.1, 0.15) is 246 Å². The van der Waals surface area contributed by atoms with Crippen molar-refractivity contribution in [2.75, 3.05) is 0 Å². The monoisotopic (exact) mass is 573 g/mol. The van der Waals surface area contributed by atoms with Crippen LogP contribution in [0.2, 0.25) is 0 Å². The molecule has 244 valence electrons. The first-order chi connectivity index (χ1) is 20.2. The van der Waals surface area contributed by atoms with Gasteiger partial charge in [0.2, 0.25) is 0 Å². The van der Waals surface area contributed by atoms with Gasteiger partial charge in [0.15, 0.2) is 0 Å². The Balaban J connectivity index is 2.67. The van der Waals surface area contributed by atoms with E-state index in [-0.39, 0.29) is 0 Å². The lowest BCUT2D eigenvalue weighted by molar-refractivity contribution is 0.231. The van der Waals surface area contributed by atoms with Crippen molar-refractivity contribution >= 4 is 0 Å². The minimum Gasteiger partial charge on any atom is -0.0704 e. The standard InChI is InChI=1S/C41H80/c1-5-9-13-17-21-23-25-29-33-39-37-41(35-31-27-19-15-11-7-3,36-32-28-20-16-12-8-4)38-40(39)34-30-26-24-22-18-14-10-6-2/h5-38H2,1-4H3. The predicted molar refractivity (Wildman–Crippen MR) is 189 cm³/mol. The number of hydrogen-bond acceptors (Lipinski definition) is 0. The lowest BCUT2D eigenvalue weighted by Gasteiger charge is -2.31. The van der Waals surface area contributed by atoms with E-state index in [1.54, 1.807) is 0 Å². The van der Waals surface area contributed by atoms with Gasteiger partial charge in [-0.15, -0.1) is 0 Å². The Bertz CT molecular complexity index is 519. The molecule has 0 aromatic rings. The molecule has 0 unspecified atom stereocenters. The highest BCUT2D eigenvalue weighted by molar-refractivity contribution is 5.25. The van der Waals surface area contributed by atoms with Gasteiger partial charge in [-0.05, 0) is 56.8 Å². The van der Waals surface area contributed by atoms with Crippen LogP contribution in [0.4, 0.5) is 0 Å². The van der Waals surface area contributed by atoms with Crippen LogP contribution in [0.25, 0.3) is 0 Å². The van der Waals surface area contributed by atoms with Crippen LogP contribution in [-0.4, -0.2) is 0 Å². The lowest BCUT2D eigenvalue weighted by Crippen LogP contribution is -2.18. The zero-order chi connectivity index (χ0) is 29.7. The normalized spacial score (nSPS) is 14.9. The summed E-state index contributed by atoms with van der Waals surface area (Å²) in [5.74, 6) is 0. The van der Waals surface area contributed by atoms with E-state index in [9.17, 15) is 0 Å². The van der Waals surface area contributed by atoms with Crippen molar-refractivity contribution in [2.45, 2.75) is 246 Å². The van der Waals surface area contributed by atoms with Crippen LogP contribution < -0.4 is 0 Å². The Morgan fingerprint density at radius 2 is 0.561 bits per heavy atom. The molecule has 0 amide bonds. The molecule has 0 radical (unpaired) electrons. The first kappa shape index (κ1) is 38.8. The van der Waals surface area contributed by atoms with E-state index in [2.05, 4.69) is 27.7 Å². The van der Waals surface area contributed by atoms with Crippen LogP contribution in [0.15, 0.2) is 11.1 Å². The summed E-state index contributed by atoms with van der Waals surface area (Å²) < 4.78 is 0. The van der Waals surface area contributed by atoms with Gasteiger partial charge in [-0.1, -0.05) is 206 Å². The molecule has 0 fully saturated rings. The molecule has 0 spiro atoms. The average molecular weight is 573 g/mol. The summed E-state index contributed by atoms with van der Waals surface area (Å²) in [5.41, 5.74) is 4.58. The summed E-state index contributed by atoms with van der Waals surface area (Å²) in [6.45, 7) is 9.36. The quantitative estimate of drug-likeness (QED) is 0.0555. The number of rotatable bonds is 32. The number of hydrogen-bond donors (Lipinski definition) is 0. The SMILES string of the molecule is CCCCCCCCCCC1=C(CCCCCCCCCC)CC(CCCCCCCC)(CCCCCCCC)C1. The van der Waals surface area contributed by atoms with Gasteiger partial charge in [0.1, 0.15) is 0 Å². The molecule has 0 saturated carbocycles. The first-order valence-electron chi connectivity index (χ1n) is 19.9. The molecule has 0 heteroatoms. The van der Waals surface area contributed by atoms with Crippen molar-refractivity contribution in [1.82, 2.24) is 0 Å². The van der Waals surface area contributed by atoms with E-state index in [1.165, 1.54) is 218 Å². The van der Waals surface area contributed by atoms with Gasteiger partial charge in [0.05, 0.1) is 0 Å². The Labute approximate surface area is 262 Å². The van der Waals surface area contributed by atoms with Crippen molar-refractivity contribution in [3.63, 3.8) is 0 Å². The molecule has 0 N–H and O–H groups in total. The molecular weight excluding hydrogens is 492 g/mol. The molecule has 1 aliphatic rings. The fourth-order valence-corrected chi connectivity index (χ4v) is 7.73. The van der Waals surface area contributed by atoms with Crippen molar-refractivity contribution < 1.29 is 0 Å². The Hall–Kier alpha value is -0.260. The smallest absolute Gasteiger partial charge is 0.0223 e. The largest absolute Gasteiger partial charge is 0.0704 e. The topological polar surface area (TPSA) is 0 Å². The summed E-state index contributed by atoms with van der Waals surface area (Å²) in [6, 6.07) is 0. The van der Waals surface area contributed by atoms with Gasteiger partial charge in [0, 0.05) is 0 Å². The van der Waals surface area contributed by atoms with Crippen molar-refractivity contribution in [2.24, 2.45) is 5.41 Å². The molecule has 1 aliphatic carbocycles. The fourth-order valence-electron chi connectivity index (χ4n) is 7.73. The Kier molecular flexibility index (Phi) is 27.0. The summed E-state index contributed by atoms with van der Waals surface area (Å²) in [5, 5.41) is 0. The highest BCUT2D eigenvalue weighted by atomic mass is 14.4. The summed E-state index contributed by atoms with van der Waals surface area (Å²) in [7, 11) is 0. The van der Waals surface area contributed by atoms with Crippen LogP contribution in [-0.2, 0) is 0 Å². The van der Waals surface area contributed by atoms with Crippen molar-refractivity contribution in [3.05, 3.63) is 11.1 Å². The van der Waals surface area contributed by atoms with Gasteiger partial charge < -0.3 is 0 Å². The Morgan fingerprint density at radius 1 is 0.317 bits per heavy atom. The molecule has 0 aliphatic heterocycles. The molecule has 0 atom stereocenters. The third-order valence-electron chi connectivity index (χ3n) is 10.5. The molecule has 0 nitrogen and oxygen atoms in total. The molecule has 41 heavy (non-hydrogen) atoms. The van der Waals surface area contributed by atoms with Gasteiger partial charge in [0.25, 0.3) is 0 Å². The van der Waals surface area contributed by atoms with E-state index >= 15 is 0 Å². The zero-order valence-electron chi connectivity index (χ0n) is 29.5. The molecule has 0 saturated heterocycles. The van der Waals surface area contributed by atoms with Crippen LogP contribution in [0.3, 0.4) is 0 Å². The van der Waals surface area contributed by atoms with Gasteiger partial charge in [-0.3, -0.25) is 0 Å². The van der Waals surface area contributed by atoms with Gasteiger partial charge in [-0.25, -0.2) is 0 Å². The first-order valence-corrected chi connectivity index (χ1v) is 19.9. The van der Waals surface area contributed by atoms with E-state index in [1.807, 2.05) is 11.1 Å². The second-order valence-electron chi connectivity index (χ2n) is 14.5. The minimum absolute atomic E-state index is 0.639. The van der Waals surface area contributed by atoms with Gasteiger partial charge >= 0.3 is 0 Å². The zero-order valence-corrected chi connectivity index (χ0v) is 29.5. The maximum Gasteiger partial charge on any atom is -0.0223 e. The second kappa shape index (κ2) is 28.5. The van der Waals surface area contributed by atoms with E-state index in [4.69, 9.17) is 0 Å². The Morgan fingerprint density at radius 3 is 0.854 bits per heavy atom. The molecule has 0 aromatic carbocycles. The maximum absolute atomic E-state index is 2.35. The molecule has 0 bridgehead atoms.